The first-order chi connectivity index (χ1) is 10.9. The molecular formula is C15H19FN4O3. The van der Waals surface area contributed by atoms with Crippen LogP contribution in [-0.2, 0) is 4.79 Å². The van der Waals surface area contributed by atoms with Crippen LogP contribution in [0.1, 0.15) is 15.9 Å². The van der Waals surface area contributed by atoms with Crippen LogP contribution in [0.3, 0.4) is 0 Å². The predicted molar refractivity (Wildman–Crippen MR) is 81.2 cm³/mol. The van der Waals surface area contributed by atoms with Gasteiger partial charge in [-0.3, -0.25) is 19.8 Å². The van der Waals surface area contributed by atoms with E-state index in [1.165, 1.54) is 6.07 Å². The van der Waals surface area contributed by atoms with Gasteiger partial charge in [0.15, 0.2) is 0 Å². The molecule has 0 bridgehead atoms. The van der Waals surface area contributed by atoms with E-state index in [1.807, 2.05) is 10.2 Å². The van der Waals surface area contributed by atoms with Gasteiger partial charge in [0.25, 0.3) is 5.91 Å². The summed E-state index contributed by atoms with van der Waals surface area (Å²) in [5.74, 6) is -1.11. The first-order valence-corrected chi connectivity index (χ1v) is 7.24. The van der Waals surface area contributed by atoms with E-state index in [9.17, 15) is 18.8 Å². The van der Waals surface area contributed by atoms with E-state index in [4.69, 9.17) is 5.73 Å². The molecule has 0 spiro atoms. The molecule has 1 saturated heterocycles. The number of nitrogens with one attached hydrogen (secondary N) is 1. The first kappa shape index (κ1) is 16.9. The molecule has 3 N–H and O–H groups in total. The number of imide groups is 1. The van der Waals surface area contributed by atoms with Crippen molar-refractivity contribution in [3.63, 3.8) is 0 Å². The minimum atomic E-state index is -0.884. The molecule has 1 fully saturated rings. The number of urea groups is 1. The van der Waals surface area contributed by atoms with Gasteiger partial charge in [-0.25, -0.2) is 9.18 Å². The van der Waals surface area contributed by atoms with E-state index in [1.54, 1.807) is 24.0 Å². The number of aryl methyl sites for hydroxylation is 1. The Morgan fingerprint density at radius 3 is 2.43 bits per heavy atom. The second-order valence-corrected chi connectivity index (χ2v) is 5.44. The third kappa shape index (κ3) is 4.49. The van der Waals surface area contributed by atoms with Crippen LogP contribution in [0.15, 0.2) is 18.2 Å². The molecule has 4 amide bonds. The second-order valence-electron chi connectivity index (χ2n) is 5.44. The predicted octanol–water partition coefficient (Wildman–Crippen LogP) is 0.0868. The lowest BCUT2D eigenvalue weighted by atomic mass is 10.1. The number of hydrogen-bond acceptors (Lipinski definition) is 4. The number of carbonyl (C=O) groups is 3. The largest absolute Gasteiger partial charge is 0.351 e. The lowest BCUT2D eigenvalue weighted by Gasteiger charge is -2.34. The molecule has 0 radical (unpaired) electrons. The third-order valence-electron chi connectivity index (χ3n) is 3.71. The van der Waals surface area contributed by atoms with Gasteiger partial charge in [0, 0.05) is 31.7 Å². The minimum absolute atomic E-state index is 0.0458. The van der Waals surface area contributed by atoms with Crippen LogP contribution < -0.4 is 11.1 Å². The molecule has 2 rings (SSSR count). The Balaban J connectivity index is 1.88. The standard InChI is InChI=1S/C15H19FN4O3/c1-10-2-3-11(8-12(10)16)14(22)20-6-4-19(5-7-20)9-13(21)18-15(17)23/h2-3,8H,4-7,9H2,1H3,(H3,17,18,21,23). The lowest BCUT2D eigenvalue weighted by molar-refractivity contribution is -0.121. The van der Waals surface area contributed by atoms with Gasteiger partial charge >= 0.3 is 6.03 Å². The SMILES string of the molecule is Cc1ccc(C(=O)N2CCN(CC(=O)NC(N)=O)CC2)cc1F. The lowest BCUT2D eigenvalue weighted by Crippen LogP contribution is -2.52. The van der Waals surface area contributed by atoms with E-state index < -0.39 is 17.8 Å². The van der Waals surface area contributed by atoms with Crippen molar-refractivity contribution < 1.29 is 18.8 Å². The van der Waals surface area contributed by atoms with Crippen molar-refractivity contribution in [2.24, 2.45) is 5.73 Å². The highest BCUT2D eigenvalue weighted by atomic mass is 19.1. The molecule has 1 aliphatic heterocycles. The number of nitrogens with zero attached hydrogens (tertiary/aromatic N) is 2. The summed E-state index contributed by atoms with van der Waals surface area (Å²) in [6.45, 7) is 3.53. The topological polar surface area (TPSA) is 95.7 Å². The zero-order valence-corrected chi connectivity index (χ0v) is 12.8. The Morgan fingerprint density at radius 2 is 1.87 bits per heavy atom. The summed E-state index contributed by atoms with van der Waals surface area (Å²) < 4.78 is 13.6. The van der Waals surface area contributed by atoms with Gasteiger partial charge in [-0.15, -0.1) is 0 Å². The van der Waals surface area contributed by atoms with E-state index in [2.05, 4.69) is 0 Å². The fourth-order valence-electron chi connectivity index (χ4n) is 2.40. The van der Waals surface area contributed by atoms with Crippen LogP contribution in [0.25, 0.3) is 0 Å². The minimum Gasteiger partial charge on any atom is -0.351 e. The van der Waals surface area contributed by atoms with Crippen LogP contribution in [0.2, 0.25) is 0 Å². The number of benzene rings is 1. The van der Waals surface area contributed by atoms with Crippen molar-refractivity contribution in [3.8, 4) is 0 Å². The Hall–Kier alpha value is -2.48. The van der Waals surface area contributed by atoms with E-state index >= 15 is 0 Å². The number of hydrogen-bond donors (Lipinski definition) is 2. The van der Waals surface area contributed by atoms with Gasteiger partial charge < -0.3 is 10.6 Å². The van der Waals surface area contributed by atoms with Crippen molar-refractivity contribution in [2.75, 3.05) is 32.7 Å². The zero-order chi connectivity index (χ0) is 17.0. The highest BCUT2D eigenvalue weighted by Gasteiger charge is 2.23. The smallest absolute Gasteiger partial charge is 0.318 e. The number of carbonyl (C=O) groups excluding carboxylic acids is 3. The van der Waals surface area contributed by atoms with Crippen molar-refractivity contribution in [2.45, 2.75) is 6.92 Å². The van der Waals surface area contributed by atoms with Crippen LogP contribution in [-0.4, -0.2) is 60.4 Å². The summed E-state index contributed by atoms with van der Waals surface area (Å²) in [4.78, 5) is 37.8. The van der Waals surface area contributed by atoms with Crippen molar-refractivity contribution in [1.29, 1.82) is 0 Å². The molecule has 0 unspecified atom stereocenters. The summed E-state index contributed by atoms with van der Waals surface area (Å²) in [7, 11) is 0. The summed E-state index contributed by atoms with van der Waals surface area (Å²) in [5, 5.41) is 2.00. The summed E-state index contributed by atoms with van der Waals surface area (Å²) in [6, 6.07) is 3.54. The Bertz CT molecular complexity index is 627. The van der Waals surface area contributed by atoms with Gasteiger partial charge in [0.1, 0.15) is 5.82 Å². The fourth-order valence-corrected chi connectivity index (χ4v) is 2.40. The number of amides is 4. The van der Waals surface area contributed by atoms with Crippen LogP contribution in [0, 0.1) is 12.7 Å². The maximum absolute atomic E-state index is 13.6. The Kier molecular flexibility index (Phi) is 5.28. The monoisotopic (exact) mass is 322 g/mol. The number of primary amides is 1. The molecule has 0 aliphatic carbocycles. The maximum Gasteiger partial charge on any atom is 0.318 e. The summed E-state index contributed by atoms with van der Waals surface area (Å²) in [6.07, 6.45) is 0. The molecule has 1 aromatic carbocycles. The van der Waals surface area contributed by atoms with Crippen molar-refractivity contribution in [1.82, 2.24) is 15.1 Å². The number of halogens is 1. The number of rotatable bonds is 3. The maximum atomic E-state index is 13.6. The molecule has 0 aromatic heterocycles. The van der Waals surface area contributed by atoms with Crippen LogP contribution in [0.5, 0.6) is 0 Å². The van der Waals surface area contributed by atoms with E-state index in [-0.39, 0.29) is 12.5 Å². The zero-order valence-electron chi connectivity index (χ0n) is 12.8. The second kappa shape index (κ2) is 7.19. The highest BCUT2D eigenvalue weighted by Crippen LogP contribution is 2.13. The van der Waals surface area contributed by atoms with E-state index in [0.29, 0.717) is 37.3 Å². The van der Waals surface area contributed by atoms with Gasteiger partial charge in [-0.05, 0) is 24.6 Å². The highest BCUT2D eigenvalue weighted by molar-refractivity contribution is 5.95. The summed E-state index contributed by atoms with van der Waals surface area (Å²) >= 11 is 0. The molecule has 0 saturated carbocycles. The fraction of sp³-hybridized carbons (Fsp3) is 0.400. The molecule has 124 valence electrons. The summed E-state index contributed by atoms with van der Waals surface area (Å²) in [5.41, 5.74) is 5.68. The van der Waals surface area contributed by atoms with Crippen molar-refractivity contribution in [3.05, 3.63) is 35.1 Å². The first-order valence-electron chi connectivity index (χ1n) is 7.24. The number of nitrogens with two attached hydrogens (primary N) is 1. The molecule has 0 atom stereocenters. The third-order valence-corrected chi connectivity index (χ3v) is 3.71. The van der Waals surface area contributed by atoms with Gasteiger partial charge in [-0.1, -0.05) is 6.07 Å². The van der Waals surface area contributed by atoms with Gasteiger partial charge in [0.05, 0.1) is 6.54 Å². The van der Waals surface area contributed by atoms with Crippen molar-refractivity contribution >= 4 is 17.8 Å². The molecule has 8 heteroatoms. The van der Waals surface area contributed by atoms with Gasteiger partial charge in [0.2, 0.25) is 5.91 Å². The number of piperazine rings is 1. The average molecular weight is 322 g/mol. The molecule has 1 heterocycles. The Labute approximate surface area is 133 Å². The normalized spacial score (nSPS) is 15.3. The molecule has 1 aromatic rings. The van der Waals surface area contributed by atoms with Crippen LogP contribution in [0.4, 0.5) is 9.18 Å². The molecular weight excluding hydrogens is 303 g/mol. The average Bonchev–Trinajstić information content (AvgIpc) is 2.49. The molecule has 7 nitrogen and oxygen atoms in total. The van der Waals surface area contributed by atoms with Gasteiger partial charge in [-0.2, -0.15) is 0 Å². The quantitative estimate of drug-likeness (QED) is 0.824. The molecule has 23 heavy (non-hydrogen) atoms. The van der Waals surface area contributed by atoms with E-state index in [0.717, 1.165) is 0 Å². The molecule has 1 aliphatic rings. The van der Waals surface area contributed by atoms with Crippen LogP contribution >= 0.6 is 0 Å². The Morgan fingerprint density at radius 1 is 1.22 bits per heavy atom.